The molecule has 7 rings (SSSR count). The Kier molecular flexibility index (Phi) is 5.86. The van der Waals surface area contributed by atoms with Crippen LogP contribution in [0.1, 0.15) is 36.4 Å². The standard InChI is InChI=1S/C37H30N4/c1-23-18-20-27(24(2)38-23)28-14-8-9-16-31(28)36-40-34(25-12-6-5-7-13-25)39-35(41-36)26-19-21-30-29-15-10-11-17-32(29)37(3,4)33(30)22-26/h5-22H,1-4H3. The van der Waals surface area contributed by atoms with E-state index in [0.29, 0.717) is 17.5 Å². The van der Waals surface area contributed by atoms with E-state index in [1.807, 2.05) is 43.3 Å². The van der Waals surface area contributed by atoms with Crippen molar-refractivity contribution >= 4 is 0 Å². The minimum Gasteiger partial charge on any atom is -0.258 e. The highest BCUT2D eigenvalue weighted by Crippen LogP contribution is 2.49. The topological polar surface area (TPSA) is 51.6 Å². The maximum atomic E-state index is 5.11. The Bertz CT molecular complexity index is 1940. The van der Waals surface area contributed by atoms with E-state index in [1.54, 1.807) is 0 Å². The number of fused-ring (bicyclic) bond motifs is 3. The number of aromatic nitrogens is 4. The highest BCUT2D eigenvalue weighted by atomic mass is 15.0. The molecule has 0 saturated heterocycles. The molecule has 6 aromatic rings. The van der Waals surface area contributed by atoms with Gasteiger partial charge in [0.05, 0.1) is 0 Å². The molecule has 0 amide bonds. The molecule has 198 valence electrons. The molecule has 4 nitrogen and oxygen atoms in total. The lowest BCUT2D eigenvalue weighted by molar-refractivity contribution is 0.660. The first kappa shape index (κ1) is 25.0. The van der Waals surface area contributed by atoms with Gasteiger partial charge in [-0.15, -0.1) is 0 Å². The van der Waals surface area contributed by atoms with Crippen LogP contribution >= 0.6 is 0 Å². The lowest BCUT2D eigenvalue weighted by Crippen LogP contribution is -2.15. The van der Waals surface area contributed by atoms with E-state index >= 15 is 0 Å². The molecule has 0 aliphatic heterocycles. The summed E-state index contributed by atoms with van der Waals surface area (Å²) < 4.78 is 0. The van der Waals surface area contributed by atoms with Crippen molar-refractivity contribution < 1.29 is 0 Å². The molecule has 41 heavy (non-hydrogen) atoms. The summed E-state index contributed by atoms with van der Waals surface area (Å²) in [7, 11) is 0. The van der Waals surface area contributed by atoms with Gasteiger partial charge in [-0.1, -0.05) is 111 Å². The number of hydrogen-bond acceptors (Lipinski definition) is 4. The van der Waals surface area contributed by atoms with Gasteiger partial charge in [0, 0.05) is 39.1 Å². The van der Waals surface area contributed by atoms with Crippen molar-refractivity contribution in [2.24, 2.45) is 0 Å². The molecule has 0 N–H and O–H groups in total. The van der Waals surface area contributed by atoms with Gasteiger partial charge in [0.2, 0.25) is 0 Å². The van der Waals surface area contributed by atoms with E-state index in [1.165, 1.54) is 22.3 Å². The Labute approximate surface area is 240 Å². The van der Waals surface area contributed by atoms with Crippen molar-refractivity contribution in [1.82, 2.24) is 19.9 Å². The fourth-order valence-electron chi connectivity index (χ4n) is 6.07. The third-order valence-electron chi connectivity index (χ3n) is 8.19. The Morgan fingerprint density at radius 2 is 1.02 bits per heavy atom. The van der Waals surface area contributed by atoms with E-state index in [-0.39, 0.29) is 5.41 Å². The highest BCUT2D eigenvalue weighted by molar-refractivity contribution is 5.85. The lowest BCUT2D eigenvalue weighted by Gasteiger charge is -2.21. The first-order valence-electron chi connectivity index (χ1n) is 14.0. The van der Waals surface area contributed by atoms with Crippen molar-refractivity contribution in [1.29, 1.82) is 0 Å². The summed E-state index contributed by atoms with van der Waals surface area (Å²) in [5.74, 6) is 1.96. The summed E-state index contributed by atoms with van der Waals surface area (Å²) in [5, 5.41) is 0. The molecule has 0 atom stereocenters. The third kappa shape index (κ3) is 4.23. The molecular formula is C37H30N4. The quantitative estimate of drug-likeness (QED) is 0.228. The Morgan fingerprint density at radius 3 is 1.78 bits per heavy atom. The Balaban J connectivity index is 1.43. The van der Waals surface area contributed by atoms with E-state index in [2.05, 4.69) is 93.6 Å². The van der Waals surface area contributed by atoms with Gasteiger partial charge in [-0.3, -0.25) is 4.98 Å². The van der Waals surface area contributed by atoms with Gasteiger partial charge in [-0.2, -0.15) is 0 Å². The van der Waals surface area contributed by atoms with Crippen LogP contribution in [-0.4, -0.2) is 19.9 Å². The molecule has 4 aromatic carbocycles. The second kappa shape index (κ2) is 9.60. The lowest BCUT2D eigenvalue weighted by atomic mass is 9.82. The van der Waals surface area contributed by atoms with E-state index in [0.717, 1.165) is 39.2 Å². The molecule has 1 aliphatic rings. The van der Waals surface area contributed by atoms with Crippen molar-refractivity contribution in [3.05, 3.63) is 132 Å². The van der Waals surface area contributed by atoms with Crippen molar-refractivity contribution in [2.45, 2.75) is 33.1 Å². The van der Waals surface area contributed by atoms with Crippen LogP contribution in [0.3, 0.4) is 0 Å². The average Bonchev–Trinajstić information content (AvgIpc) is 3.23. The summed E-state index contributed by atoms with van der Waals surface area (Å²) in [6, 6.07) is 38.0. The smallest absolute Gasteiger partial charge is 0.164 e. The van der Waals surface area contributed by atoms with Gasteiger partial charge >= 0.3 is 0 Å². The first-order valence-corrected chi connectivity index (χ1v) is 14.0. The van der Waals surface area contributed by atoms with Gasteiger partial charge in [-0.05, 0) is 53.8 Å². The summed E-state index contributed by atoms with van der Waals surface area (Å²) in [5.41, 5.74) is 12.1. The van der Waals surface area contributed by atoms with Gasteiger partial charge in [0.25, 0.3) is 0 Å². The number of hydrogen-bond donors (Lipinski definition) is 0. The normalized spacial score (nSPS) is 13.1. The van der Waals surface area contributed by atoms with E-state index < -0.39 is 0 Å². The van der Waals surface area contributed by atoms with Gasteiger partial charge in [0.1, 0.15) is 0 Å². The Morgan fingerprint density at radius 1 is 0.439 bits per heavy atom. The summed E-state index contributed by atoms with van der Waals surface area (Å²) >= 11 is 0. The van der Waals surface area contributed by atoms with Crippen LogP contribution in [0.5, 0.6) is 0 Å². The second-order valence-electron chi connectivity index (χ2n) is 11.2. The van der Waals surface area contributed by atoms with E-state index in [9.17, 15) is 0 Å². The van der Waals surface area contributed by atoms with Crippen LogP contribution < -0.4 is 0 Å². The molecular weight excluding hydrogens is 500 g/mol. The Hall–Kier alpha value is -4.96. The SMILES string of the molecule is Cc1ccc(-c2ccccc2-c2nc(-c3ccccc3)nc(-c3ccc4c(c3)C(C)(C)c3ccccc3-4)n2)c(C)n1. The average molecular weight is 531 g/mol. The van der Waals surface area contributed by atoms with Crippen molar-refractivity contribution in [2.75, 3.05) is 0 Å². The van der Waals surface area contributed by atoms with Crippen LogP contribution in [-0.2, 0) is 5.41 Å². The molecule has 2 aromatic heterocycles. The fraction of sp³-hybridized carbons (Fsp3) is 0.135. The molecule has 1 aliphatic carbocycles. The van der Waals surface area contributed by atoms with Crippen LogP contribution in [0, 0.1) is 13.8 Å². The molecule has 0 bridgehead atoms. The van der Waals surface area contributed by atoms with Crippen LogP contribution in [0.2, 0.25) is 0 Å². The fourth-order valence-corrected chi connectivity index (χ4v) is 6.07. The third-order valence-corrected chi connectivity index (χ3v) is 8.19. The van der Waals surface area contributed by atoms with Crippen molar-refractivity contribution in [3.63, 3.8) is 0 Å². The maximum Gasteiger partial charge on any atom is 0.164 e. The summed E-state index contributed by atoms with van der Waals surface area (Å²) in [6.07, 6.45) is 0. The zero-order valence-electron chi connectivity index (χ0n) is 23.7. The van der Waals surface area contributed by atoms with E-state index in [4.69, 9.17) is 19.9 Å². The summed E-state index contributed by atoms with van der Waals surface area (Å²) in [4.78, 5) is 19.9. The number of rotatable bonds is 4. The predicted octanol–water partition coefficient (Wildman–Crippen LogP) is 8.86. The first-order chi connectivity index (χ1) is 19.9. The number of nitrogens with zero attached hydrogens (tertiary/aromatic N) is 4. The van der Waals surface area contributed by atoms with Crippen molar-refractivity contribution in [3.8, 4) is 56.4 Å². The van der Waals surface area contributed by atoms with Gasteiger partial charge in [-0.25, -0.2) is 15.0 Å². The molecule has 0 fully saturated rings. The minimum absolute atomic E-state index is 0.109. The molecule has 4 heteroatoms. The summed E-state index contributed by atoms with van der Waals surface area (Å²) in [6.45, 7) is 8.66. The maximum absolute atomic E-state index is 5.11. The predicted molar refractivity (Wildman–Crippen MR) is 166 cm³/mol. The zero-order chi connectivity index (χ0) is 28.1. The van der Waals surface area contributed by atoms with Gasteiger partial charge in [0.15, 0.2) is 17.5 Å². The van der Waals surface area contributed by atoms with Gasteiger partial charge < -0.3 is 0 Å². The zero-order valence-corrected chi connectivity index (χ0v) is 23.7. The molecule has 2 heterocycles. The van der Waals surface area contributed by atoms with Crippen LogP contribution in [0.15, 0.2) is 109 Å². The monoisotopic (exact) mass is 530 g/mol. The number of pyridine rings is 1. The van der Waals surface area contributed by atoms with Crippen LogP contribution in [0.25, 0.3) is 56.4 Å². The number of benzene rings is 4. The highest BCUT2D eigenvalue weighted by Gasteiger charge is 2.35. The molecule has 0 unspecified atom stereocenters. The largest absolute Gasteiger partial charge is 0.258 e. The molecule has 0 radical (unpaired) electrons. The molecule has 0 saturated carbocycles. The number of aryl methyl sites for hydroxylation is 2. The molecule has 0 spiro atoms. The van der Waals surface area contributed by atoms with Crippen LogP contribution in [0.4, 0.5) is 0 Å². The minimum atomic E-state index is -0.109. The second-order valence-corrected chi connectivity index (χ2v) is 11.2.